The van der Waals surface area contributed by atoms with Gasteiger partial charge in [-0.1, -0.05) is 13.8 Å². The highest BCUT2D eigenvalue weighted by molar-refractivity contribution is 7.05. The molecule has 1 atom stereocenters. The number of carbonyl (C=O) groups is 1. The van der Waals surface area contributed by atoms with Gasteiger partial charge in [0.2, 0.25) is 0 Å². The highest BCUT2D eigenvalue weighted by atomic mass is 32.1. The number of hydrogen-bond donors (Lipinski definition) is 1. The zero-order chi connectivity index (χ0) is 17.0. The average Bonchev–Trinajstić information content (AvgIpc) is 3.04. The van der Waals surface area contributed by atoms with Crippen molar-refractivity contribution in [3.63, 3.8) is 0 Å². The number of aromatic nitrogens is 2. The Morgan fingerprint density at radius 3 is 2.83 bits per heavy atom. The van der Waals surface area contributed by atoms with E-state index in [1.807, 2.05) is 20.8 Å². The topological polar surface area (TPSA) is 67.4 Å². The van der Waals surface area contributed by atoms with Crippen LogP contribution in [0.5, 0.6) is 0 Å². The second-order valence-corrected chi connectivity index (χ2v) is 8.19. The summed E-state index contributed by atoms with van der Waals surface area (Å²) in [7, 11) is 0. The molecule has 1 aromatic heterocycles. The van der Waals surface area contributed by atoms with E-state index < -0.39 is 5.60 Å². The van der Waals surface area contributed by atoms with Gasteiger partial charge in [-0.05, 0) is 51.7 Å². The predicted octanol–water partition coefficient (Wildman–Crippen LogP) is 3.15. The van der Waals surface area contributed by atoms with Crippen LogP contribution in [-0.4, -0.2) is 45.1 Å². The summed E-state index contributed by atoms with van der Waals surface area (Å²) >= 11 is 1.48. The SMILES string of the molecule is CC(C)c1nsc(CN2CCC[C@@H]2CNC(=O)OC(C)(C)C)n1. The molecule has 0 saturated carbocycles. The Labute approximate surface area is 142 Å². The van der Waals surface area contributed by atoms with Crippen LogP contribution in [0.2, 0.25) is 0 Å². The molecule has 2 heterocycles. The summed E-state index contributed by atoms with van der Waals surface area (Å²) in [4.78, 5) is 18.8. The molecule has 0 bridgehead atoms. The summed E-state index contributed by atoms with van der Waals surface area (Å²) in [5.74, 6) is 1.29. The number of hydrogen-bond acceptors (Lipinski definition) is 6. The lowest BCUT2D eigenvalue weighted by Gasteiger charge is -2.25. The van der Waals surface area contributed by atoms with Crippen molar-refractivity contribution < 1.29 is 9.53 Å². The normalized spacial score (nSPS) is 19.3. The zero-order valence-corrected chi connectivity index (χ0v) is 15.6. The lowest BCUT2D eigenvalue weighted by Crippen LogP contribution is -2.41. The van der Waals surface area contributed by atoms with Crippen LogP contribution in [0.15, 0.2) is 0 Å². The van der Waals surface area contributed by atoms with Crippen molar-refractivity contribution in [3.05, 3.63) is 10.8 Å². The van der Waals surface area contributed by atoms with Crippen LogP contribution in [0.4, 0.5) is 4.79 Å². The first kappa shape index (κ1) is 18.1. The summed E-state index contributed by atoms with van der Waals surface area (Å²) in [6.45, 7) is 12.3. The quantitative estimate of drug-likeness (QED) is 0.892. The molecule has 0 aliphatic carbocycles. The van der Waals surface area contributed by atoms with Crippen molar-refractivity contribution >= 4 is 17.6 Å². The van der Waals surface area contributed by atoms with Crippen molar-refractivity contribution in [2.24, 2.45) is 0 Å². The Balaban J connectivity index is 1.84. The molecule has 1 N–H and O–H groups in total. The zero-order valence-electron chi connectivity index (χ0n) is 14.8. The third-order valence-corrected chi connectivity index (χ3v) is 4.43. The fraction of sp³-hybridized carbons (Fsp3) is 0.812. The van der Waals surface area contributed by atoms with Gasteiger partial charge in [0.05, 0.1) is 6.54 Å². The fourth-order valence-electron chi connectivity index (χ4n) is 2.59. The third-order valence-electron chi connectivity index (χ3n) is 3.72. The average molecular weight is 340 g/mol. The Hall–Kier alpha value is -1.21. The number of alkyl carbamates (subject to hydrolysis) is 1. The molecule has 1 aliphatic heterocycles. The number of rotatable bonds is 5. The summed E-state index contributed by atoms with van der Waals surface area (Å²) in [6, 6.07) is 0.342. The molecule has 23 heavy (non-hydrogen) atoms. The maximum atomic E-state index is 11.8. The predicted molar refractivity (Wildman–Crippen MR) is 91.7 cm³/mol. The summed E-state index contributed by atoms with van der Waals surface area (Å²) in [5, 5.41) is 3.94. The highest BCUT2D eigenvalue weighted by Crippen LogP contribution is 2.22. The van der Waals surface area contributed by atoms with Gasteiger partial charge in [0.25, 0.3) is 0 Å². The summed E-state index contributed by atoms with van der Waals surface area (Å²) in [6.07, 6.45) is 1.89. The first-order valence-corrected chi connectivity index (χ1v) is 9.05. The molecule has 0 radical (unpaired) electrons. The maximum Gasteiger partial charge on any atom is 0.407 e. The molecule has 0 unspecified atom stereocenters. The standard InChI is InChI=1S/C16H28N4O2S/c1-11(2)14-18-13(23-19-14)10-20-8-6-7-12(20)9-17-15(21)22-16(3,4)5/h11-12H,6-10H2,1-5H3,(H,17,21)/t12-/m1/s1. The summed E-state index contributed by atoms with van der Waals surface area (Å²) < 4.78 is 9.70. The minimum atomic E-state index is -0.459. The van der Waals surface area contributed by atoms with Crippen LogP contribution in [0, 0.1) is 0 Å². The van der Waals surface area contributed by atoms with Crippen LogP contribution < -0.4 is 5.32 Å². The van der Waals surface area contributed by atoms with Crippen molar-refractivity contribution in [1.82, 2.24) is 19.6 Å². The minimum absolute atomic E-state index is 0.342. The molecule has 6 nitrogen and oxygen atoms in total. The Morgan fingerprint density at radius 1 is 1.48 bits per heavy atom. The molecule has 0 aromatic carbocycles. The van der Waals surface area contributed by atoms with E-state index in [1.165, 1.54) is 11.5 Å². The molecular weight excluding hydrogens is 312 g/mol. The number of likely N-dealkylation sites (tertiary alicyclic amines) is 1. The van der Waals surface area contributed by atoms with Gasteiger partial charge in [0.15, 0.2) is 0 Å². The molecule has 1 saturated heterocycles. The van der Waals surface area contributed by atoms with Crippen molar-refractivity contribution in [2.45, 2.75) is 71.6 Å². The van der Waals surface area contributed by atoms with Gasteiger partial charge in [-0.3, -0.25) is 4.90 Å². The number of amides is 1. The van der Waals surface area contributed by atoms with Crippen molar-refractivity contribution in [2.75, 3.05) is 13.1 Å². The molecule has 1 fully saturated rings. The van der Waals surface area contributed by atoms with Crippen LogP contribution in [-0.2, 0) is 11.3 Å². The van der Waals surface area contributed by atoms with Crippen LogP contribution >= 0.6 is 11.5 Å². The number of nitrogens with one attached hydrogen (secondary N) is 1. The van der Waals surface area contributed by atoms with E-state index in [2.05, 4.69) is 33.4 Å². The van der Waals surface area contributed by atoms with Crippen molar-refractivity contribution in [3.8, 4) is 0 Å². The van der Waals surface area contributed by atoms with Crippen LogP contribution in [0.25, 0.3) is 0 Å². The van der Waals surface area contributed by atoms with E-state index in [0.717, 1.165) is 36.8 Å². The van der Waals surface area contributed by atoms with Crippen molar-refractivity contribution in [1.29, 1.82) is 0 Å². The Morgan fingerprint density at radius 2 is 2.22 bits per heavy atom. The maximum absolute atomic E-state index is 11.8. The monoisotopic (exact) mass is 340 g/mol. The van der Waals surface area contributed by atoms with Gasteiger partial charge in [0, 0.05) is 18.5 Å². The van der Waals surface area contributed by atoms with E-state index >= 15 is 0 Å². The number of ether oxygens (including phenoxy) is 1. The smallest absolute Gasteiger partial charge is 0.407 e. The molecule has 1 aliphatic rings. The van der Waals surface area contributed by atoms with Crippen LogP contribution in [0.1, 0.15) is 64.2 Å². The van der Waals surface area contributed by atoms with Gasteiger partial charge < -0.3 is 10.1 Å². The first-order chi connectivity index (χ1) is 10.7. The Bertz CT molecular complexity index is 524. The lowest BCUT2D eigenvalue weighted by molar-refractivity contribution is 0.0512. The van der Waals surface area contributed by atoms with Gasteiger partial charge in [-0.25, -0.2) is 9.78 Å². The highest BCUT2D eigenvalue weighted by Gasteiger charge is 2.27. The number of carbonyl (C=O) groups excluding carboxylic acids is 1. The van der Waals surface area contributed by atoms with Gasteiger partial charge >= 0.3 is 6.09 Å². The third kappa shape index (κ3) is 5.73. The van der Waals surface area contributed by atoms with E-state index in [-0.39, 0.29) is 6.09 Å². The first-order valence-electron chi connectivity index (χ1n) is 8.28. The summed E-state index contributed by atoms with van der Waals surface area (Å²) in [5.41, 5.74) is -0.459. The molecule has 7 heteroatoms. The fourth-order valence-corrected chi connectivity index (χ4v) is 3.40. The Kier molecular flexibility index (Phi) is 5.97. The van der Waals surface area contributed by atoms with Gasteiger partial charge in [0.1, 0.15) is 16.4 Å². The van der Waals surface area contributed by atoms with E-state index in [9.17, 15) is 4.79 Å². The van der Waals surface area contributed by atoms with Gasteiger partial charge in [-0.15, -0.1) is 0 Å². The lowest BCUT2D eigenvalue weighted by atomic mass is 10.2. The largest absolute Gasteiger partial charge is 0.444 e. The van der Waals surface area contributed by atoms with E-state index in [0.29, 0.717) is 18.5 Å². The molecule has 1 aromatic rings. The van der Waals surface area contributed by atoms with E-state index in [4.69, 9.17) is 4.74 Å². The molecule has 2 rings (SSSR count). The van der Waals surface area contributed by atoms with Crippen LogP contribution in [0.3, 0.4) is 0 Å². The van der Waals surface area contributed by atoms with E-state index in [1.54, 1.807) is 0 Å². The molecular formula is C16H28N4O2S. The second-order valence-electron chi connectivity index (χ2n) is 7.35. The van der Waals surface area contributed by atoms with Gasteiger partial charge in [-0.2, -0.15) is 4.37 Å². The second kappa shape index (κ2) is 7.57. The molecule has 0 spiro atoms. The minimum Gasteiger partial charge on any atom is -0.444 e. The molecule has 130 valence electrons. The number of nitrogens with zero attached hydrogens (tertiary/aromatic N) is 3. The molecule has 1 amide bonds.